The van der Waals surface area contributed by atoms with Crippen LogP contribution in [0.15, 0.2) is 42.5 Å². The van der Waals surface area contributed by atoms with Crippen LogP contribution in [0.4, 0.5) is 4.39 Å². The Labute approximate surface area is 160 Å². The van der Waals surface area contributed by atoms with Crippen LogP contribution in [0.25, 0.3) is 11.3 Å². The molecule has 7 heteroatoms. The summed E-state index contributed by atoms with van der Waals surface area (Å²) in [6, 6.07) is 10.4. The molecule has 1 amide bonds. The Morgan fingerprint density at radius 1 is 1.26 bits per heavy atom. The maximum atomic E-state index is 13.4. The molecule has 1 aromatic heterocycles. The number of aromatic amines is 1. The minimum atomic E-state index is -0.416. The minimum Gasteiger partial charge on any atom is -0.507 e. The topological polar surface area (TPSA) is 69.2 Å². The molecule has 0 saturated heterocycles. The second-order valence-electron chi connectivity index (χ2n) is 6.47. The Morgan fingerprint density at radius 3 is 2.70 bits per heavy atom. The van der Waals surface area contributed by atoms with Gasteiger partial charge in [0.1, 0.15) is 23.0 Å². The molecular formula is C20H17ClFN3O2. The number of H-pyrrole nitrogens is 1. The van der Waals surface area contributed by atoms with E-state index in [1.165, 1.54) is 18.2 Å². The van der Waals surface area contributed by atoms with Gasteiger partial charge in [-0.1, -0.05) is 30.7 Å². The van der Waals surface area contributed by atoms with Crippen molar-refractivity contribution in [3.05, 3.63) is 70.1 Å². The summed E-state index contributed by atoms with van der Waals surface area (Å²) in [4.78, 5) is 14.7. The van der Waals surface area contributed by atoms with Crippen molar-refractivity contribution in [1.82, 2.24) is 15.1 Å². The van der Waals surface area contributed by atoms with E-state index in [4.69, 9.17) is 11.6 Å². The number of nitrogens with zero attached hydrogens (tertiary/aromatic N) is 2. The van der Waals surface area contributed by atoms with Gasteiger partial charge in [0.05, 0.1) is 6.04 Å². The largest absolute Gasteiger partial charge is 0.507 e. The van der Waals surface area contributed by atoms with E-state index in [2.05, 4.69) is 10.2 Å². The lowest BCUT2D eigenvalue weighted by Gasteiger charge is -2.26. The average Bonchev–Trinajstić information content (AvgIpc) is 3.19. The van der Waals surface area contributed by atoms with Gasteiger partial charge >= 0.3 is 0 Å². The van der Waals surface area contributed by atoms with Gasteiger partial charge in [-0.3, -0.25) is 9.89 Å². The van der Waals surface area contributed by atoms with Gasteiger partial charge < -0.3 is 10.0 Å². The van der Waals surface area contributed by atoms with Crippen LogP contribution in [-0.4, -0.2) is 32.7 Å². The highest BCUT2D eigenvalue weighted by Crippen LogP contribution is 2.44. The minimum absolute atomic E-state index is 0.0212. The van der Waals surface area contributed by atoms with E-state index < -0.39 is 6.04 Å². The van der Waals surface area contributed by atoms with Crippen molar-refractivity contribution >= 4 is 17.5 Å². The van der Waals surface area contributed by atoms with Crippen molar-refractivity contribution in [2.24, 2.45) is 0 Å². The first-order chi connectivity index (χ1) is 13.0. The van der Waals surface area contributed by atoms with Crippen molar-refractivity contribution in [2.45, 2.75) is 19.4 Å². The predicted octanol–water partition coefficient (Wildman–Crippen LogP) is 4.53. The molecule has 2 aromatic carbocycles. The molecule has 0 aliphatic carbocycles. The highest BCUT2D eigenvalue weighted by atomic mass is 35.5. The fraction of sp³-hybridized carbons (Fsp3) is 0.200. The van der Waals surface area contributed by atoms with Crippen molar-refractivity contribution in [3.8, 4) is 17.0 Å². The van der Waals surface area contributed by atoms with Crippen LogP contribution in [0.3, 0.4) is 0 Å². The number of nitrogens with one attached hydrogen (secondary N) is 1. The summed E-state index contributed by atoms with van der Waals surface area (Å²) < 4.78 is 13.4. The number of amides is 1. The van der Waals surface area contributed by atoms with E-state index in [1.54, 1.807) is 29.2 Å². The standard InChI is InChI=1S/C20H17ClFN3O2/c1-2-9-25-19(11-3-6-13(22)7-4-11)16-17(23-24-18(16)20(25)27)14-10-12(21)5-8-15(14)26/h3-8,10,19,26H,2,9H2,1H3,(H,23,24). The molecule has 0 fully saturated rings. The molecule has 0 spiro atoms. The highest BCUT2D eigenvalue weighted by molar-refractivity contribution is 6.31. The van der Waals surface area contributed by atoms with E-state index >= 15 is 0 Å². The summed E-state index contributed by atoms with van der Waals surface area (Å²) in [5.41, 5.74) is 2.73. The molecule has 0 bridgehead atoms. The number of carbonyl (C=O) groups excluding carboxylic acids is 1. The molecule has 138 valence electrons. The fourth-order valence-corrected chi connectivity index (χ4v) is 3.74. The van der Waals surface area contributed by atoms with Gasteiger partial charge in [-0.2, -0.15) is 5.10 Å². The van der Waals surface area contributed by atoms with Crippen LogP contribution in [0.2, 0.25) is 5.02 Å². The number of fused-ring (bicyclic) bond motifs is 1. The number of hydrogen-bond acceptors (Lipinski definition) is 3. The van der Waals surface area contributed by atoms with Crippen molar-refractivity contribution < 1.29 is 14.3 Å². The summed E-state index contributed by atoms with van der Waals surface area (Å²) in [7, 11) is 0. The molecule has 4 rings (SSSR count). The van der Waals surface area contributed by atoms with Crippen molar-refractivity contribution in [1.29, 1.82) is 0 Å². The number of aromatic nitrogens is 2. The van der Waals surface area contributed by atoms with Crippen molar-refractivity contribution in [3.63, 3.8) is 0 Å². The van der Waals surface area contributed by atoms with Crippen LogP contribution >= 0.6 is 11.6 Å². The van der Waals surface area contributed by atoms with Crippen LogP contribution in [0.5, 0.6) is 5.75 Å². The van der Waals surface area contributed by atoms with Gasteiger partial charge in [-0.25, -0.2) is 4.39 Å². The van der Waals surface area contributed by atoms with Crippen LogP contribution in [0, 0.1) is 5.82 Å². The summed E-state index contributed by atoms with van der Waals surface area (Å²) in [6.07, 6.45) is 0.777. The zero-order chi connectivity index (χ0) is 19.1. The van der Waals surface area contributed by atoms with E-state index in [-0.39, 0.29) is 17.5 Å². The smallest absolute Gasteiger partial charge is 0.273 e. The Morgan fingerprint density at radius 2 is 2.00 bits per heavy atom. The first-order valence-corrected chi connectivity index (χ1v) is 9.02. The Balaban J connectivity index is 1.92. The normalized spacial score (nSPS) is 16.0. The van der Waals surface area contributed by atoms with Crippen molar-refractivity contribution in [2.75, 3.05) is 6.54 Å². The van der Waals surface area contributed by atoms with Crippen LogP contribution in [-0.2, 0) is 0 Å². The first kappa shape index (κ1) is 17.5. The molecule has 1 atom stereocenters. The summed E-state index contributed by atoms with van der Waals surface area (Å²) in [6.45, 7) is 2.54. The number of phenolic OH excluding ortho intramolecular Hbond substituents is 1. The Hall–Kier alpha value is -2.86. The zero-order valence-corrected chi connectivity index (χ0v) is 15.3. The molecule has 1 unspecified atom stereocenters. The molecule has 1 aliphatic heterocycles. The van der Waals surface area contributed by atoms with Gasteiger partial charge in [-0.05, 0) is 42.3 Å². The molecule has 5 nitrogen and oxygen atoms in total. The summed E-state index contributed by atoms with van der Waals surface area (Å²) >= 11 is 6.09. The van der Waals surface area contributed by atoms with E-state index in [9.17, 15) is 14.3 Å². The van der Waals surface area contributed by atoms with Gasteiger partial charge in [0, 0.05) is 22.7 Å². The average molecular weight is 386 g/mol. The maximum absolute atomic E-state index is 13.4. The SMILES string of the molecule is CCCN1C(=O)c2[nH]nc(-c3cc(Cl)ccc3O)c2C1c1ccc(F)cc1. The number of aromatic hydroxyl groups is 1. The van der Waals surface area contributed by atoms with Gasteiger partial charge in [0.15, 0.2) is 0 Å². The van der Waals surface area contributed by atoms with Gasteiger partial charge in [0.25, 0.3) is 5.91 Å². The summed E-state index contributed by atoms with van der Waals surface area (Å²) in [5.74, 6) is -0.486. The molecular weight excluding hydrogens is 369 g/mol. The number of phenols is 1. The third-order valence-electron chi connectivity index (χ3n) is 4.73. The zero-order valence-electron chi connectivity index (χ0n) is 14.5. The van der Waals surface area contributed by atoms with Gasteiger partial charge in [0.2, 0.25) is 0 Å². The van der Waals surface area contributed by atoms with E-state index in [1.807, 2.05) is 6.92 Å². The maximum Gasteiger partial charge on any atom is 0.273 e. The third-order valence-corrected chi connectivity index (χ3v) is 4.96. The lowest BCUT2D eigenvalue weighted by atomic mass is 9.95. The number of rotatable bonds is 4. The summed E-state index contributed by atoms with van der Waals surface area (Å²) in [5, 5.41) is 17.9. The lowest BCUT2D eigenvalue weighted by molar-refractivity contribution is 0.0744. The molecule has 1 aliphatic rings. The lowest BCUT2D eigenvalue weighted by Crippen LogP contribution is -2.30. The molecule has 2 heterocycles. The Kier molecular flexibility index (Phi) is 4.36. The number of hydrogen-bond donors (Lipinski definition) is 2. The molecule has 0 saturated carbocycles. The van der Waals surface area contributed by atoms with Crippen LogP contribution in [0.1, 0.15) is 41.0 Å². The predicted molar refractivity (Wildman–Crippen MR) is 100 cm³/mol. The van der Waals surface area contributed by atoms with E-state index in [0.29, 0.717) is 34.1 Å². The quantitative estimate of drug-likeness (QED) is 0.693. The molecule has 27 heavy (non-hydrogen) atoms. The number of halogens is 2. The second kappa shape index (κ2) is 6.70. The fourth-order valence-electron chi connectivity index (χ4n) is 3.56. The molecule has 3 aromatic rings. The third kappa shape index (κ3) is 2.86. The van der Waals surface area contributed by atoms with Crippen LogP contribution < -0.4 is 0 Å². The molecule has 0 radical (unpaired) electrons. The number of benzene rings is 2. The monoisotopic (exact) mass is 385 g/mol. The van der Waals surface area contributed by atoms with Gasteiger partial charge in [-0.15, -0.1) is 0 Å². The highest BCUT2D eigenvalue weighted by Gasteiger charge is 2.42. The Bertz CT molecular complexity index is 1020. The number of carbonyl (C=O) groups is 1. The second-order valence-corrected chi connectivity index (χ2v) is 6.91. The molecule has 2 N–H and O–H groups in total. The van der Waals surface area contributed by atoms with E-state index in [0.717, 1.165) is 12.0 Å². The first-order valence-electron chi connectivity index (χ1n) is 8.64.